The van der Waals surface area contributed by atoms with Crippen LogP contribution in [0, 0.1) is 13.8 Å². The summed E-state index contributed by atoms with van der Waals surface area (Å²) in [7, 11) is 0. The molecule has 1 aromatic carbocycles. The van der Waals surface area contributed by atoms with Gasteiger partial charge in [-0.1, -0.05) is 6.92 Å². The Balaban J connectivity index is 3.28. The van der Waals surface area contributed by atoms with Crippen molar-refractivity contribution in [1.29, 1.82) is 0 Å². The van der Waals surface area contributed by atoms with E-state index in [4.69, 9.17) is 0 Å². The first kappa shape index (κ1) is 9.97. The van der Waals surface area contributed by atoms with Crippen LogP contribution in [0.2, 0.25) is 0 Å². The molecule has 0 saturated heterocycles. The van der Waals surface area contributed by atoms with Crippen molar-refractivity contribution in [1.82, 2.24) is 0 Å². The normalized spacial score (nSPS) is 10.2. The van der Waals surface area contributed by atoms with Gasteiger partial charge in [0.1, 0.15) is 0 Å². The Morgan fingerprint density at radius 3 is 2.00 bits per heavy atom. The molecule has 0 N–H and O–H groups in total. The van der Waals surface area contributed by atoms with Crippen LogP contribution in [0.5, 0.6) is 0 Å². The summed E-state index contributed by atoms with van der Waals surface area (Å²) in [6, 6.07) is 3.96. The van der Waals surface area contributed by atoms with E-state index in [-0.39, 0.29) is 5.78 Å². The van der Waals surface area contributed by atoms with E-state index in [1.54, 1.807) is 6.92 Å². The number of Topliss-reactive ketones (excluding diaryl/α,β-unsaturated/α-hetero) is 1. The molecule has 1 aromatic rings. The van der Waals surface area contributed by atoms with Crippen molar-refractivity contribution in [2.24, 2.45) is 0 Å². The van der Waals surface area contributed by atoms with Crippen molar-refractivity contribution in [3.05, 3.63) is 34.4 Å². The van der Waals surface area contributed by atoms with E-state index in [2.05, 4.69) is 20.8 Å². The maximum absolute atomic E-state index is 11.1. The van der Waals surface area contributed by atoms with Gasteiger partial charge in [0.15, 0.2) is 5.78 Å². The molecule has 0 saturated carbocycles. The van der Waals surface area contributed by atoms with Crippen molar-refractivity contribution in [3.8, 4) is 0 Å². The van der Waals surface area contributed by atoms with Crippen molar-refractivity contribution < 1.29 is 4.79 Å². The Morgan fingerprint density at radius 1 is 1.23 bits per heavy atom. The summed E-state index contributed by atoms with van der Waals surface area (Å²) >= 11 is 0. The quantitative estimate of drug-likeness (QED) is 0.633. The van der Waals surface area contributed by atoms with Gasteiger partial charge in [-0.25, -0.2) is 0 Å². The smallest absolute Gasteiger partial charge is 0.159 e. The third kappa shape index (κ3) is 1.97. The first-order chi connectivity index (χ1) is 6.06. The second-order valence-electron chi connectivity index (χ2n) is 3.50. The highest BCUT2D eigenvalue weighted by molar-refractivity contribution is 5.94. The minimum atomic E-state index is 0.147. The van der Waals surface area contributed by atoms with Crippen LogP contribution in [-0.4, -0.2) is 5.78 Å². The molecule has 1 rings (SSSR count). The number of ketones is 1. The SMILES string of the molecule is CCc1c(C)cc(C(C)=O)cc1C. The molecule has 0 spiro atoms. The monoisotopic (exact) mass is 176 g/mol. The van der Waals surface area contributed by atoms with Crippen molar-refractivity contribution in [2.75, 3.05) is 0 Å². The van der Waals surface area contributed by atoms with Crippen LogP contribution in [0.1, 0.15) is 40.9 Å². The van der Waals surface area contributed by atoms with Crippen LogP contribution in [0.15, 0.2) is 12.1 Å². The van der Waals surface area contributed by atoms with Crippen LogP contribution < -0.4 is 0 Å². The van der Waals surface area contributed by atoms with Gasteiger partial charge >= 0.3 is 0 Å². The van der Waals surface area contributed by atoms with Crippen molar-refractivity contribution in [2.45, 2.75) is 34.1 Å². The van der Waals surface area contributed by atoms with Gasteiger partial charge in [0.25, 0.3) is 0 Å². The summed E-state index contributed by atoms with van der Waals surface area (Å²) in [5, 5.41) is 0. The van der Waals surface area contributed by atoms with E-state index < -0.39 is 0 Å². The summed E-state index contributed by atoms with van der Waals surface area (Å²) in [6.45, 7) is 7.89. The average molecular weight is 176 g/mol. The average Bonchev–Trinajstić information content (AvgIpc) is 2.03. The van der Waals surface area contributed by atoms with E-state index >= 15 is 0 Å². The molecule has 0 aliphatic heterocycles. The summed E-state index contributed by atoms with van der Waals surface area (Å²) in [5.74, 6) is 0.147. The Kier molecular flexibility index (Phi) is 2.86. The number of benzene rings is 1. The molecular formula is C12H16O. The molecule has 0 fully saturated rings. The number of carbonyl (C=O) groups excluding carboxylic acids is 1. The lowest BCUT2D eigenvalue weighted by molar-refractivity contribution is 0.101. The van der Waals surface area contributed by atoms with Gasteiger partial charge in [-0.3, -0.25) is 4.79 Å². The zero-order valence-corrected chi connectivity index (χ0v) is 8.77. The van der Waals surface area contributed by atoms with Crippen LogP contribution in [0.4, 0.5) is 0 Å². The van der Waals surface area contributed by atoms with E-state index in [0.29, 0.717) is 0 Å². The van der Waals surface area contributed by atoms with E-state index in [0.717, 1.165) is 12.0 Å². The number of carbonyl (C=O) groups is 1. The van der Waals surface area contributed by atoms with Gasteiger partial charge in [0, 0.05) is 5.56 Å². The fourth-order valence-electron chi connectivity index (χ4n) is 1.75. The first-order valence-corrected chi connectivity index (χ1v) is 4.67. The summed E-state index contributed by atoms with van der Waals surface area (Å²) in [6.07, 6.45) is 1.04. The topological polar surface area (TPSA) is 17.1 Å². The van der Waals surface area contributed by atoms with Gasteiger partial charge in [-0.15, -0.1) is 0 Å². The largest absolute Gasteiger partial charge is 0.295 e. The van der Waals surface area contributed by atoms with Crippen molar-refractivity contribution in [3.63, 3.8) is 0 Å². The molecule has 13 heavy (non-hydrogen) atoms. The van der Waals surface area contributed by atoms with E-state index in [1.165, 1.54) is 16.7 Å². The minimum absolute atomic E-state index is 0.147. The molecule has 0 bridgehead atoms. The highest BCUT2D eigenvalue weighted by Crippen LogP contribution is 2.17. The third-order valence-electron chi connectivity index (χ3n) is 2.46. The number of aryl methyl sites for hydroxylation is 2. The van der Waals surface area contributed by atoms with Gasteiger partial charge in [0.05, 0.1) is 0 Å². The second-order valence-corrected chi connectivity index (χ2v) is 3.50. The number of rotatable bonds is 2. The number of hydrogen-bond donors (Lipinski definition) is 0. The van der Waals surface area contributed by atoms with Crippen LogP contribution in [0.3, 0.4) is 0 Å². The van der Waals surface area contributed by atoms with Crippen LogP contribution >= 0.6 is 0 Å². The predicted molar refractivity (Wildman–Crippen MR) is 55.3 cm³/mol. The van der Waals surface area contributed by atoms with Crippen molar-refractivity contribution >= 4 is 5.78 Å². The maximum atomic E-state index is 11.1. The second kappa shape index (κ2) is 3.73. The molecule has 0 unspecified atom stereocenters. The molecule has 0 radical (unpaired) electrons. The lowest BCUT2D eigenvalue weighted by Gasteiger charge is -2.09. The molecule has 1 nitrogen and oxygen atoms in total. The van der Waals surface area contributed by atoms with Crippen LogP contribution in [-0.2, 0) is 6.42 Å². The molecule has 0 amide bonds. The highest BCUT2D eigenvalue weighted by Gasteiger charge is 2.05. The molecule has 0 aromatic heterocycles. The van der Waals surface area contributed by atoms with E-state index in [9.17, 15) is 4.79 Å². The lowest BCUT2D eigenvalue weighted by Crippen LogP contribution is -1.98. The lowest BCUT2D eigenvalue weighted by atomic mass is 9.96. The molecule has 70 valence electrons. The summed E-state index contributed by atoms with van der Waals surface area (Å²) in [4.78, 5) is 11.1. The van der Waals surface area contributed by atoms with Gasteiger partial charge in [-0.2, -0.15) is 0 Å². The first-order valence-electron chi connectivity index (χ1n) is 4.67. The number of hydrogen-bond acceptors (Lipinski definition) is 1. The van der Waals surface area contributed by atoms with Gasteiger partial charge < -0.3 is 0 Å². The maximum Gasteiger partial charge on any atom is 0.159 e. The molecule has 0 heterocycles. The summed E-state index contributed by atoms with van der Waals surface area (Å²) < 4.78 is 0. The fourth-order valence-corrected chi connectivity index (χ4v) is 1.75. The van der Waals surface area contributed by atoms with Gasteiger partial charge in [-0.05, 0) is 56.0 Å². The zero-order chi connectivity index (χ0) is 10.0. The Morgan fingerprint density at radius 2 is 1.69 bits per heavy atom. The molecule has 0 aliphatic carbocycles. The standard InChI is InChI=1S/C12H16O/c1-5-12-8(2)6-11(10(4)13)7-9(12)3/h6-7H,5H2,1-4H3. The Labute approximate surface area is 79.8 Å². The molecular weight excluding hydrogens is 160 g/mol. The molecule has 0 atom stereocenters. The highest BCUT2D eigenvalue weighted by atomic mass is 16.1. The Bertz CT molecular complexity index is 314. The fraction of sp³-hybridized carbons (Fsp3) is 0.417. The Hall–Kier alpha value is -1.11. The van der Waals surface area contributed by atoms with Gasteiger partial charge in [0.2, 0.25) is 0 Å². The predicted octanol–water partition coefficient (Wildman–Crippen LogP) is 3.07. The molecule has 0 aliphatic rings. The molecule has 1 heteroatoms. The zero-order valence-electron chi connectivity index (χ0n) is 8.77. The third-order valence-corrected chi connectivity index (χ3v) is 2.46. The van der Waals surface area contributed by atoms with E-state index in [1.807, 2.05) is 12.1 Å². The summed E-state index contributed by atoms with van der Waals surface area (Å²) in [5.41, 5.74) is 4.65. The van der Waals surface area contributed by atoms with Crippen LogP contribution in [0.25, 0.3) is 0 Å². The minimum Gasteiger partial charge on any atom is -0.295 e.